The molecule has 0 heterocycles. The summed E-state index contributed by atoms with van der Waals surface area (Å²) >= 11 is 0. The molecular formula is C11H18O. The highest BCUT2D eigenvalue weighted by molar-refractivity contribution is 5.19. The molecule has 1 nitrogen and oxygen atoms in total. The number of allylic oxidation sites excluding steroid dienone is 2. The third-order valence-corrected chi connectivity index (χ3v) is 3.34. The minimum absolute atomic E-state index is 0.342. The number of rotatable bonds is 3. The van der Waals surface area contributed by atoms with Crippen molar-refractivity contribution >= 4 is 0 Å². The number of aliphatic hydroxyl groups excluding tert-OH is 1. The van der Waals surface area contributed by atoms with Crippen LogP contribution >= 0.6 is 0 Å². The van der Waals surface area contributed by atoms with Crippen molar-refractivity contribution in [1.82, 2.24) is 0 Å². The van der Waals surface area contributed by atoms with E-state index in [0.717, 1.165) is 18.3 Å². The zero-order valence-electron chi connectivity index (χ0n) is 7.79. The van der Waals surface area contributed by atoms with Crippen LogP contribution in [0.15, 0.2) is 11.6 Å². The average molecular weight is 166 g/mol. The molecule has 0 aromatic carbocycles. The van der Waals surface area contributed by atoms with E-state index in [-0.39, 0.29) is 0 Å². The lowest BCUT2D eigenvalue weighted by Crippen LogP contribution is -2.06. The van der Waals surface area contributed by atoms with E-state index in [9.17, 15) is 0 Å². The van der Waals surface area contributed by atoms with Crippen molar-refractivity contribution in [2.24, 2.45) is 17.8 Å². The van der Waals surface area contributed by atoms with Crippen molar-refractivity contribution in [3.05, 3.63) is 11.6 Å². The van der Waals surface area contributed by atoms with Gasteiger partial charge >= 0.3 is 0 Å². The molecule has 2 bridgehead atoms. The van der Waals surface area contributed by atoms with Gasteiger partial charge in [0.15, 0.2) is 0 Å². The second-order valence-corrected chi connectivity index (χ2v) is 4.50. The van der Waals surface area contributed by atoms with Crippen LogP contribution in [-0.4, -0.2) is 11.7 Å². The standard InChI is InChI=1S/C11H18O/c1-8(7-12)4-11-6-9-2-3-10(11)5-9/h6,8-10,12H,2-5,7H2,1H3. The molecule has 1 saturated carbocycles. The van der Waals surface area contributed by atoms with Crippen molar-refractivity contribution in [2.45, 2.75) is 32.6 Å². The Hall–Kier alpha value is -0.300. The summed E-state index contributed by atoms with van der Waals surface area (Å²) in [5.41, 5.74) is 1.65. The predicted molar refractivity (Wildman–Crippen MR) is 49.8 cm³/mol. The zero-order valence-corrected chi connectivity index (χ0v) is 7.79. The quantitative estimate of drug-likeness (QED) is 0.638. The molecule has 0 spiro atoms. The highest BCUT2D eigenvalue weighted by Gasteiger charge is 2.32. The van der Waals surface area contributed by atoms with Crippen LogP contribution in [0.4, 0.5) is 0 Å². The molecule has 2 aliphatic carbocycles. The van der Waals surface area contributed by atoms with Crippen LogP contribution in [0.2, 0.25) is 0 Å². The zero-order chi connectivity index (χ0) is 8.55. The molecule has 3 atom stereocenters. The minimum Gasteiger partial charge on any atom is -0.396 e. The molecule has 0 aromatic rings. The van der Waals surface area contributed by atoms with Gasteiger partial charge in [-0.2, -0.15) is 0 Å². The summed E-state index contributed by atoms with van der Waals surface area (Å²) in [6.45, 7) is 2.47. The van der Waals surface area contributed by atoms with Gasteiger partial charge in [0, 0.05) is 6.61 Å². The third-order valence-electron chi connectivity index (χ3n) is 3.34. The minimum atomic E-state index is 0.342. The van der Waals surface area contributed by atoms with Crippen LogP contribution in [0, 0.1) is 17.8 Å². The highest BCUT2D eigenvalue weighted by atomic mass is 16.3. The molecule has 68 valence electrons. The van der Waals surface area contributed by atoms with Gasteiger partial charge in [-0.15, -0.1) is 0 Å². The lowest BCUT2D eigenvalue weighted by Gasteiger charge is -2.16. The monoisotopic (exact) mass is 166 g/mol. The predicted octanol–water partition coefficient (Wildman–Crippen LogP) is 2.36. The summed E-state index contributed by atoms with van der Waals surface area (Å²) in [7, 11) is 0. The first-order valence-corrected chi connectivity index (χ1v) is 5.11. The molecule has 0 saturated heterocycles. The fourth-order valence-electron chi connectivity index (χ4n) is 2.65. The molecule has 3 unspecified atom stereocenters. The van der Waals surface area contributed by atoms with Gasteiger partial charge in [-0.3, -0.25) is 0 Å². The van der Waals surface area contributed by atoms with Crippen molar-refractivity contribution in [2.75, 3.05) is 6.61 Å². The first-order valence-electron chi connectivity index (χ1n) is 5.11. The van der Waals surface area contributed by atoms with E-state index in [1.807, 2.05) is 0 Å². The summed E-state index contributed by atoms with van der Waals surface area (Å²) in [6.07, 6.45) is 7.85. The Morgan fingerprint density at radius 3 is 2.92 bits per heavy atom. The van der Waals surface area contributed by atoms with E-state index < -0.39 is 0 Å². The summed E-state index contributed by atoms with van der Waals surface area (Å²) in [5, 5.41) is 8.94. The molecule has 0 amide bonds. The SMILES string of the molecule is CC(CO)CC1=CC2CCC1C2. The number of hydrogen-bond donors (Lipinski definition) is 1. The van der Waals surface area contributed by atoms with Crippen LogP contribution in [0.25, 0.3) is 0 Å². The summed E-state index contributed by atoms with van der Waals surface area (Å²) in [6, 6.07) is 0. The molecule has 2 aliphatic rings. The fourth-order valence-corrected chi connectivity index (χ4v) is 2.65. The van der Waals surface area contributed by atoms with Crippen molar-refractivity contribution in [1.29, 1.82) is 0 Å². The van der Waals surface area contributed by atoms with E-state index in [1.165, 1.54) is 19.3 Å². The molecule has 0 radical (unpaired) electrons. The molecule has 1 N–H and O–H groups in total. The number of aliphatic hydroxyl groups is 1. The Labute approximate surface area is 74.5 Å². The summed E-state index contributed by atoms with van der Waals surface area (Å²) < 4.78 is 0. The second kappa shape index (κ2) is 3.21. The Morgan fingerprint density at radius 2 is 2.42 bits per heavy atom. The van der Waals surface area contributed by atoms with E-state index in [1.54, 1.807) is 5.57 Å². The number of hydrogen-bond acceptors (Lipinski definition) is 1. The fraction of sp³-hybridized carbons (Fsp3) is 0.818. The van der Waals surface area contributed by atoms with Crippen LogP contribution in [0.5, 0.6) is 0 Å². The third kappa shape index (κ3) is 1.42. The Morgan fingerprint density at radius 1 is 1.58 bits per heavy atom. The molecule has 2 rings (SSSR count). The first-order chi connectivity index (χ1) is 5.79. The van der Waals surface area contributed by atoms with Gasteiger partial charge < -0.3 is 5.11 Å². The lowest BCUT2D eigenvalue weighted by molar-refractivity contribution is 0.234. The summed E-state index contributed by atoms with van der Waals surface area (Å²) in [4.78, 5) is 0. The van der Waals surface area contributed by atoms with Crippen LogP contribution in [-0.2, 0) is 0 Å². The van der Waals surface area contributed by atoms with E-state index >= 15 is 0 Å². The second-order valence-electron chi connectivity index (χ2n) is 4.50. The van der Waals surface area contributed by atoms with Gasteiger partial charge in [0.05, 0.1) is 0 Å². The molecule has 1 heteroatoms. The topological polar surface area (TPSA) is 20.2 Å². The lowest BCUT2D eigenvalue weighted by atomic mass is 9.91. The smallest absolute Gasteiger partial charge is 0.0459 e. The summed E-state index contributed by atoms with van der Waals surface area (Å²) in [5.74, 6) is 2.26. The van der Waals surface area contributed by atoms with Gasteiger partial charge in [-0.1, -0.05) is 18.6 Å². The van der Waals surface area contributed by atoms with Crippen molar-refractivity contribution in [3.8, 4) is 0 Å². The maximum atomic E-state index is 8.94. The van der Waals surface area contributed by atoms with Crippen LogP contribution in [0.3, 0.4) is 0 Å². The van der Waals surface area contributed by atoms with Gasteiger partial charge in [-0.25, -0.2) is 0 Å². The Balaban J connectivity index is 1.93. The molecule has 12 heavy (non-hydrogen) atoms. The van der Waals surface area contributed by atoms with Gasteiger partial charge in [0.2, 0.25) is 0 Å². The van der Waals surface area contributed by atoms with E-state index in [2.05, 4.69) is 13.0 Å². The van der Waals surface area contributed by atoms with Crippen molar-refractivity contribution < 1.29 is 5.11 Å². The Kier molecular flexibility index (Phi) is 2.22. The van der Waals surface area contributed by atoms with Crippen LogP contribution < -0.4 is 0 Å². The largest absolute Gasteiger partial charge is 0.396 e. The molecule has 1 fully saturated rings. The van der Waals surface area contributed by atoms with Crippen LogP contribution in [0.1, 0.15) is 32.6 Å². The molecular weight excluding hydrogens is 148 g/mol. The molecule has 0 aliphatic heterocycles. The maximum Gasteiger partial charge on any atom is 0.0459 e. The normalized spacial score (nSPS) is 35.3. The Bertz CT molecular complexity index is 195. The van der Waals surface area contributed by atoms with E-state index in [4.69, 9.17) is 5.11 Å². The number of fused-ring (bicyclic) bond motifs is 2. The van der Waals surface area contributed by atoms with E-state index in [0.29, 0.717) is 12.5 Å². The average Bonchev–Trinajstić information content (AvgIpc) is 2.64. The molecule has 0 aromatic heterocycles. The first kappa shape index (κ1) is 8.31. The van der Waals surface area contributed by atoms with Gasteiger partial charge in [0.25, 0.3) is 0 Å². The van der Waals surface area contributed by atoms with Gasteiger partial charge in [0.1, 0.15) is 0 Å². The highest BCUT2D eigenvalue weighted by Crippen LogP contribution is 2.45. The van der Waals surface area contributed by atoms with Crippen molar-refractivity contribution in [3.63, 3.8) is 0 Å². The van der Waals surface area contributed by atoms with Gasteiger partial charge in [-0.05, 0) is 43.4 Å². The maximum absolute atomic E-state index is 8.94.